The minimum Gasteiger partial charge on any atom is -0.496 e. The molecule has 2 aromatic carbocycles. The maximum absolute atomic E-state index is 12.0. The van der Waals surface area contributed by atoms with E-state index in [0.717, 1.165) is 59.4 Å². The number of fused-ring (bicyclic) bond motifs is 1. The first-order chi connectivity index (χ1) is 17.4. The van der Waals surface area contributed by atoms with E-state index >= 15 is 0 Å². The second-order valence-electron chi connectivity index (χ2n) is 9.88. The van der Waals surface area contributed by atoms with Crippen molar-refractivity contribution in [1.29, 1.82) is 0 Å². The van der Waals surface area contributed by atoms with Gasteiger partial charge in [0.05, 0.1) is 47.2 Å². The third-order valence-corrected chi connectivity index (χ3v) is 8.38. The molecular weight excluding hydrogens is 478 g/mol. The summed E-state index contributed by atoms with van der Waals surface area (Å²) in [6.07, 6.45) is 5.38. The molecule has 36 heavy (non-hydrogen) atoms. The van der Waals surface area contributed by atoms with Gasteiger partial charge in [0.25, 0.3) is 0 Å². The lowest BCUT2D eigenvalue weighted by Crippen LogP contribution is -2.29. The largest absolute Gasteiger partial charge is 0.496 e. The van der Waals surface area contributed by atoms with Crippen LogP contribution in [0.2, 0.25) is 0 Å². The van der Waals surface area contributed by atoms with Crippen molar-refractivity contribution in [3.05, 3.63) is 51.5 Å². The molecule has 1 aromatic heterocycles. The van der Waals surface area contributed by atoms with E-state index in [1.165, 1.54) is 11.3 Å². The Labute approximate surface area is 215 Å². The van der Waals surface area contributed by atoms with Gasteiger partial charge in [0.15, 0.2) is 0 Å². The van der Waals surface area contributed by atoms with Crippen LogP contribution in [0, 0.1) is 6.92 Å². The molecule has 0 radical (unpaired) electrons. The summed E-state index contributed by atoms with van der Waals surface area (Å²) in [5.41, 5.74) is 3.36. The highest BCUT2D eigenvalue weighted by Crippen LogP contribution is 2.43. The molecule has 0 saturated heterocycles. The summed E-state index contributed by atoms with van der Waals surface area (Å²) in [5, 5.41) is 22.1. The van der Waals surface area contributed by atoms with Crippen LogP contribution in [0.1, 0.15) is 82.6 Å². The molecule has 2 aliphatic rings. The summed E-state index contributed by atoms with van der Waals surface area (Å²) in [6, 6.07) is 7.52. The van der Waals surface area contributed by atoms with Gasteiger partial charge in [0, 0.05) is 12.0 Å². The summed E-state index contributed by atoms with van der Waals surface area (Å²) >= 11 is 1.49. The monoisotopic (exact) mass is 511 g/mol. The topological polar surface area (TPSA) is 98.1 Å². The molecule has 3 aromatic rings. The molecular formula is C28H33NO6S. The Balaban J connectivity index is 1.49. The lowest BCUT2D eigenvalue weighted by atomic mass is 9.99. The molecule has 2 atom stereocenters. The van der Waals surface area contributed by atoms with E-state index in [9.17, 15) is 15.0 Å². The third-order valence-electron chi connectivity index (χ3n) is 7.35. The van der Waals surface area contributed by atoms with Crippen molar-refractivity contribution in [2.45, 2.75) is 76.1 Å². The van der Waals surface area contributed by atoms with Gasteiger partial charge in [-0.05, 0) is 73.9 Å². The van der Waals surface area contributed by atoms with Crippen LogP contribution in [0.5, 0.6) is 11.5 Å². The van der Waals surface area contributed by atoms with E-state index in [0.29, 0.717) is 34.9 Å². The second kappa shape index (κ2) is 10.4. The molecule has 7 nitrogen and oxygen atoms in total. The van der Waals surface area contributed by atoms with Gasteiger partial charge in [-0.25, -0.2) is 9.78 Å². The number of carbonyl (C=O) groups is 1. The van der Waals surface area contributed by atoms with Crippen molar-refractivity contribution in [3.8, 4) is 11.5 Å². The Bertz CT molecular complexity index is 1240. The Morgan fingerprint density at radius 2 is 1.75 bits per heavy atom. The maximum atomic E-state index is 12.0. The fourth-order valence-electron chi connectivity index (χ4n) is 5.17. The van der Waals surface area contributed by atoms with Crippen LogP contribution in [0.4, 0.5) is 0 Å². The molecule has 2 N–H and O–H groups in total. The summed E-state index contributed by atoms with van der Waals surface area (Å²) in [6.45, 7) is 1.91. The molecule has 0 bridgehead atoms. The summed E-state index contributed by atoms with van der Waals surface area (Å²) in [7, 11) is 3.20. The summed E-state index contributed by atoms with van der Waals surface area (Å²) < 4.78 is 18.4. The summed E-state index contributed by atoms with van der Waals surface area (Å²) in [4.78, 5) is 16.7. The standard InChI is InChI=1S/C28H33NO6S/c1-15-21(33-2)11-18(12-22(15)34-3)27(30)23(35-19-6-4-5-7-19)14-25-29-26-20(28(31)32)10-17(16-8-9-16)13-24(26)36-25/h10-13,16,19,23,27,30H,4-9,14H2,1-3H3,(H,31,32)/t23-,27+/m0/s1. The molecule has 192 valence electrons. The zero-order chi connectivity index (χ0) is 25.4. The molecule has 2 fully saturated rings. The highest BCUT2D eigenvalue weighted by molar-refractivity contribution is 7.18. The maximum Gasteiger partial charge on any atom is 0.337 e. The Morgan fingerprint density at radius 3 is 2.33 bits per heavy atom. The van der Waals surface area contributed by atoms with Gasteiger partial charge in [-0.15, -0.1) is 11.3 Å². The van der Waals surface area contributed by atoms with Gasteiger partial charge >= 0.3 is 5.97 Å². The predicted molar refractivity (Wildman–Crippen MR) is 139 cm³/mol. The van der Waals surface area contributed by atoms with Crippen LogP contribution >= 0.6 is 11.3 Å². The highest BCUT2D eigenvalue weighted by atomic mass is 32.1. The van der Waals surface area contributed by atoms with Crippen LogP contribution in [-0.4, -0.2) is 47.6 Å². The normalized spacial score (nSPS) is 17.9. The fourth-order valence-corrected chi connectivity index (χ4v) is 6.25. The van der Waals surface area contributed by atoms with Crippen LogP contribution < -0.4 is 9.47 Å². The fraction of sp³-hybridized carbons (Fsp3) is 0.500. The van der Waals surface area contributed by atoms with Gasteiger partial charge in [-0.3, -0.25) is 0 Å². The molecule has 8 heteroatoms. The second-order valence-corrected chi connectivity index (χ2v) is 11.0. The first-order valence-corrected chi connectivity index (χ1v) is 13.4. The quantitative estimate of drug-likeness (QED) is 0.355. The molecule has 2 aliphatic carbocycles. The lowest BCUT2D eigenvalue weighted by molar-refractivity contribution is -0.0753. The lowest BCUT2D eigenvalue weighted by Gasteiger charge is -2.27. The van der Waals surface area contributed by atoms with Crippen molar-refractivity contribution in [3.63, 3.8) is 0 Å². The van der Waals surface area contributed by atoms with E-state index in [2.05, 4.69) is 6.07 Å². The number of thiazole rings is 1. The number of aromatic nitrogens is 1. The number of nitrogens with zero attached hydrogens (tertiary/aromatic N) is 1. The van der Waals surface area contributed by atoms with Gasteiger partial charge in [-0.2, -0.15) is 0 Å². The SMILES string of the molecule is COc1cc([C@@H](O)[C@H](Cc2nc3c(C(=O)O)cc(C4CC4)cc3s2)OC2CCCC2)cc(OC)c1C. The number of benzene rings is 2. The molecule has 0 spiro atoms. The number of aliphatic hydroxyl groups is 1. The van der Waals surface area contributed by atoms with Gasteiger partial charge < -0.3 is 24.4 Å². The highest BCUT2D eigenvalue weighted by Gasteiger charge is 2.31. The number of methoxy groups -OCH3 is 2. The number of rotatable bonds is 10. The van der Waals surface area contributed by atoms with Gasteiger partial charge in [0.2, 0.25) is 0 Å². The van der Waals surface area contributed by atoms with E-state index in [4.69, 9.17) is 19.2 Å². The predicted octanol–water partition coefficient (Wildman–Crippen LogP) is 5.80. The first kappa shape index (κ1) is 25.0. The minimum atomic E-state index is -0.961. The van der Waals surface area contributed by atoms with E-state index in [-0.39, 0.29) is 11.7 Å². The van der Waals surface area contributed by atoms with Gasteiger partial charge in [0.1, 0.15) is 17.6 Å². The summed E-state index contributed by atoms with van der Waals surface area (Å²) in [5.74, 6) is 0.769. The minimum absolute atomic E-state index is 0.0873. The first-order valence-electron chi connectivity index (χ1n) is 12.6. The number of ether oxygens (including phenoxy) is 3. The zero-order valence-electron chi connectivity index (χ0n) is 21.0. The molecule has 1 heterocycles. The number of hydrogen-bond donors (Lipinski definition) is 2. The van der Waals surface area contributed by atoms with Crippen molar-refractivity contribution >= 4 is 27.5 Å². The van der Waals surface area contributed by atoms with E-state index < -0.39 is 18.2 Å². The van der Waals surface area contributed by atoms with Crippen LogP contribution in [0.25, 0.3) is 10.2 Å². The number of hydrogen-bond acceptors (Lipinski definition) is 7. The zero-order valence-corrected chi connectivity index (χ0v) is 21.8. The number of aromatic carboxylic acids is 1. The Morgan fingerprint density at radius 1 is 1.08 bits per heavy atom. The van der Waals surface area contributed by atoms with E-state index in [1.807, 2.05) is 19.1 Å². The van der Waals surface area contributed by atoms with Crippen molar-refractivity contribution in [1.82, 2.24) is 4.98 Å². The van der Waals surface area contributed by atoms with Crippen molar-refractivity contribution < 1.29 is 29.2 Å². The number of aliphatic hydroxyl groups excluding tert-OH is 1. The number of carboxylic acid groups (broad SMARTS) is 1. The third kappa shape index (κ3) is 5.08. The van der Waals surface area contributed by atoms with E-state index in [1.54, 1.807) is 20.3 Å². The van der Waals surface area contributed by atoms with Crippen molar-refractivity contribution in [2.75, 3.05) is 14.2 Å². The molecule has 0 unspecified atom stereocenters. The Hall–Kier alpha value is -2.68. The molecule has 5 rings (SSSR count). The molecule has 0 aliphatic heterocycles. The van der Waals surface area contributed by atoms with Crippen LogP contribution in [0.15, 0.2) is 24.3 Å². The number of carboxylic acids is 1. The molecule has 0 amide bonds. The smallest absolute Gasteiger partial charge is 0.337 e. The van der Waals surface area contributed by atoms with Gasteiger partial charge in [-0.1, -0.05) is 12.8 Å². The average Bonchev–Trinajstić information content (AvgIpc) is 3.44. The molecule has 2 saturated carbocycles. The van der Waals surface area contributed by atoms with Crippen LogP contribution in [-0.2, 0) is 11.2 Å². The Kier molecular flexibility index (Phi) is 7.19. The van der Waals surface area contributed by atoms with Crippen molar-refractivity contribution in [2.24, 2.45) is 0 Å². The average molecular weight is 512 g/mol. The van der Waals surface area contributed by atoms with Crippen LogP contribution in [0.3, 0.4) is 0 Å².